The molecule has 0 rings (SSSR count). The highest BCUT2D eigenvalue weighted by Crippen LogP contribution is 2.27. The van der Waals surface area contributed by atoms with Crippen LogP contribution in [0.5, 0.6) is 0 Å². The van der Waals surface area contributed by atoms with E-state index in [0.29, 0.717) is 12.8 Å². The molecule has 0 amide bonds. The standard InChI is InChI=1S/C32H59NO6/c1-5-6-7-8-9-10-11-12-13-14-15-16-17-18-19-20-21-22-23-24-25-26-33(27(2)30(34)35,28(3)31(36)37)29(4)32(38)39/h22-23,27-29H,5-21,24-26H2,1-4H3,(H2-,34,35,36,37,38,39)/p+1/b23-22+. The first-order valence-electron chi connectivity index (χ1n) is 15.8. The summed E-state index contributed by atoms with van der Waals surface area (Å²) in [6.45, 7) is 6.68. The normalized spacial score (nSPS) is 15.6. The van der Waals surface area contributed by atoms with Gasteiger partial charge >= 0.3 is 17.9 Å². The number of rotatable bonds is 27. The second-order valence-electron chi connectivity index (χ2n) is 11.5. The van der Waals surface area contributed by atoms with E-state index in [1.54, 1.807) is 0 Å². The quantitative estimate of drug-likeness (QED) is 0.0536. The minimum atomic E-state index is -1.18. The van der Waals surface area contributed by atoms with Crippen molar-refractivity contribution in [2.24, 2.45) is 0 Å². The molecule has 3 N–H and O–H groups in total. The number of aliphatic carboxylic acids is 3. The smallest absolute Gasteiger partial charge is 0.362 e. The molecule has 0 spiro atoms. The van der Waals surface area contributed by atoms with Gasteiger partial charge in [0.15, 0.2) is 18.1 Å². The minimum Gasteiger partial charge on any atom is -0.477 e. The first-order valence-corrected chi connectivity index (χ1v) is 15.8. The van der Waals surface area contributed by atoms with Crippen LogP contribution < -0.4 is 0 Å². The van der Waals surface area contributed by atoms with Crippen molar-refractivity contribution in [2.75, 3.05) is 6.54 Å². The zero-order chi connectivity index (χ0) is 29.5. The molecule has 0 aliphatic carbocycles. The van der Waals surface area contributed by atoms with E-state index in [4.69, 9.17) is 0 Å². The molecule has 7 nitrogen and oxygen atoms in total. The van der Waals surface area contributed by atoms with Crippen molar-refractivity contribution in [3.05, 3.63) is 12.2 Å². The fourth-order valence-corrected chi connectivity index (χ4v) is 5.73. The Morgan fingerprint density at radius 3 is 1.10 bits per heavy atom. The summed E-state index contributed by atoms with van der Waals surface area (Å²) >= 11 is 0. The van der Waals surface area contributed by atoms with Gasteiger partial charge in [-0.25, -0.2) is 14.4 Å². The molecule has 0 heterocycles. The van der Waals surface area contributed by atoms with Gasteiger partial charge in [-0.05, 0) is 40.0 Å². The van der Waals surface area contributed by atoms with Gasteiger partial charge in [0.25, 0.3) is 0 Å². The van der Waals surface area contributed by atoms with Crippen LogP contribution in [0.15, 0.2) is 12.2 Å². The number of carbonyl (C=O) groups is 3. The molecule has 39 heavy (non-hydrogen) atoms. The van der Waals surface area contributed by atoms with Crippen molar-refractivity contribution >= 4 is 17.9 Å². The first kappa shape index (κ1) is 37.1. The molecule has 0 radical (unpaired) electrons. The summed E-state index contributed by atoms with van der Waals surface area (Å²) in [4.78, 5) is 35.4. The number of nitrogens with zero attached hydrogens (tertiary/aromatic N) is 1. The molecule has 3 unspecified atom stereocenters. The average Bonchev–Trinajstić information content (AvgIpc) is 2.90. The molecule has 7 heteroatoms. The van der Waals surface area contributed by atoms with Gasteiger partial charge in [0.1, 0.15) is 0 Å². The van der Waals surface area contributed by atoms with Crippen molar-refractivity contribution < 1.29 is 34.2 Å². The van der Waals surface area contributed by atoms with Crippen LogP contribution in [0, 0.1) is 0 Å². The third kappa shape index (κ3) is 15.5. The molecule has 0 aromatic rings. The number of hydrogen-bond donors (Lipinski definition) is 3. The van der Waals surface area contributed by atoms with Gasteiger partial charge < -0.3 is 15.3 Å². The molecule has 0 aromatic heterocycles. The maximum Gasteiger partial charge on any atom is 0.362 e. The predicted molar refractivity (Wildman–Crippen MR) is 159 cm³/mol. The lowest BCUT2D eigenvalue weighted by atomic mass is 10.0. The van der Waals surface area contributed by atoms with Gasteiger partial charge in [0.05, 0.1) is 6.54 Å². The Morgan fingerprint density at radius 1 is 0.513 bits per heavy atom. The molecule has 0 fully saturated rings. The van der Waals surface area contributed by atoms with Crippen LogP contribution >= 0.6 is 0 Å². The highest BCUT2D eigenvalue weighted by Gasteiger charge is 2.52. The fraction of sp³-hybridized carbons (Fsp3) is 0.844. The summed E-state index contributed by atoms with van der Waals surface area (Å²) in [5, 5.41) is 28.9. The fourth-order valence-electron chi connectivity index (χ4n) is 5.73. The maximum absolute atomic E-state index is 11.8. The molecule has 228 valence electrons. The highest BCUT2D eigenvalue weighted by molar-refractivity contribution is 5.77. The summed E-state index contributed by atoms with van der Waals surface area (Å²) in [5.41, 5.74) is 0. The number of carboxylic acids is 3. The SMILES string of the molecule is CCCCCCCCCCCCCCCCCC/C=C/CCC[N+](C(C)C(=O)O)(C(C)C(=O)O)C(C)C(=O)O. The topological polar surface area (TPSA) is 112 Å². The van der Waals surface area contributed by atoms with Crippen molar-refractivity contribution in [2.45, 2.75) is 168 Å². The van der Waals surface area contributed by atoms with E-state index < -0.39 is 40.5 Å². The van der Waals surface area contributed by atoms with E-state index in [1.165, 1.54) is 117 Å². The Labute approximate surface area is 238 Å². The number of allylic oxidation sites excluding steroid dienone is 2. The largest absolute Gasteiger partial charge is 0.477 e. The van der Waals surface area contributed by atoms with Gasteiger partial charge in [-0.15, -0.1) is 0 Å². The van der Waals surface area contributed by atoms with Crippen LogP contribution in [0.25, 0.3) is 0 Å². The van der Waals surface area contributed by atoms with Crippen molar-refractivity contribution in [3.8, 4) is 0 Å². The Hall–Kier alpha value is -1.89. The Bertz CT molecular complexity index is 642. The highest BCUT2D eigenvalue weighted by atomic mass is 16.4. The Balaban J connectivity index is 4.09. The zero-order valence-electron chi connectivity index (χ0n) is 25.5. The van der Waals surface area contributed by atoms with Crippen LogP contribution in [-0.2, 0) is 14.4 Å². The summed E-state index contributed by atoms with van der Waals surface area (Å²) in [6.07, 6.45) is 28.0. The van der Waals surface area contributed by atoms with Gasteiger partial charge in [-0.3, -0.25) is 4.48 Å². The molecule has 0 saturated heterocycles. The number of unbranched alkanes of at least 4 members (excludes halogenated alkanes) is 17. The molecule has 0 aliphatic heterocycles. The van der Waals surface area contributed by atoms with Crippen LogP contribution in [0.2, 0.25) is 0 Å². The van der Waals surface area contributed by atoms with E-state index in [1.807, 2.05) is 0 Å². The average molecular weight is 555 g/mol. The number of hydrogen-bond acceptors (Lipinski definition) is 3. The molecule has 0 bridgehead atoms. The minimum absolute atomic E-state index is 0.178. The van der Waals surface area contributed by atoms with E-state index in [2.05, 4.69) is 19.1 Å². The molecule has 3 atom stereocenters. The molecule has 0 aromatic carbocycles. The Kier molecular flexibility index (Phi) is 21.8. The number of quaternary nitrogens is 1. The molecule has 0 saturated carbocycles. The van der Waals surface area contributed by atoms with Gasteiger partial charge in [-0.1, -0.05) is 115 Å². The summed E-state index contributed by atoms with van der Waals surface area (Å²) in [5.74, 6) is -3.55. The first-order chi connectivity index (χ1) is 18.6. The van der Waals surface area contributed by atoms with Gasteiger partial charge in [0.2, 0.25) is 0 Å². The van der Waals surface area contributed by atoms with Crippen LogP contribution in [-0.4, -0.2) is 62.4 Å². The monoisotopic (exact) mass is 554 g/mol. The zero-order valence-corrected chi connectivity index (χ0v) is 25.5. The third-order valence-corrected chi connectivity index (χ3v) is 8.54. The van der Waals surface area contributed by atoms with E-state index >= 15 is 0 Å². The van der Waals surface area contributed by atoms with Crippen LogP contribution in [0.1, 0.15) is 150 Å². The predicted octanol–water partition coefficient (Wildman–Crippen LogP) is 8.21. The number of carboxylic acid groups (broad SMARTS) is 3. The molecule has 0 aliphatic rings. The van der Waals surface area contributed by atoms with E-state index in [0.717, 1.165) is 12.8 Å². The molecular weight excluding hydrogens is 494 g/mol. The van der Waals surface area contributed by atoms with Crippen molar-refractivity contribution in [1.82, 2.24) is 0 Å². The molecular formula is C32H60NO6+. The summed E-state index contributed by atoms with van der Waals surface area (Å²) in [6, 6.07) is -3.43. The van der Waals surface area contributed by atoms with Crippen LogP contribution in [0.4, 0.5) is 0 Å². The second-order valence-corrected chi connectivity index (χ2v) is 11.5. The summed E-state index contributed by atoms with van der Waals surface area (Å²) < 4.78 is -0.507. The lowest BCUT2D eigenvalue weighted by Gasteiger charge is -2.47. The van der Waals surface area contributed by atoms with Crippen molar-refractivity contribution in [3.63, 3.8) is 0 Å². The van der Waals surface area contributed by atoms with Gasteiger partial charge in [0, 0.05) is 6.42 Å². The second kappa shape index (κ2) is 22.9. The summed E-state index contributed by atoms with van der Waals surface area (Å²) in [7, 11) is 0. The van der Waals surface area contributed by atoms with Crippen molar-refractivity contribution in [1.29, 1.82) is 0 Å². The lowest BCUT2D eigenvalue weighted by molar-refractivity contribution is -0.968. The van der Waals surface area contributed by atoms with E-state index in [9.17, 15) is 29.7 Å². The van der Waals surface area contributed by atoms with Crippen LogP contribution in [0.3, 0.4) is 0 Å². The van der Waals surface area contributed by atoms with E-state index in [-0.39, 0.29) is 6.54 Å². The third-order valence-electron chi connectivity index (χ3n) is 8.54. The maximum atomic E-state index is 11.8. The Morgan fingerprint density at radius 2 is 0.795 bits per heavy atom. The van der Waals surface area contributed by atoms with Gasteiger partial charge in [-0.2, -0.15) is 0 Å². The lowest BCUT2D eigenvalue weighted by Crippen LogP contribution is -2.70.